The van der Waals surface area contributed by atoms with E-state index in [1.54, 1.807) is 4.90 Å². The smallest absolute Gasteiger partial charge is 0.261 e. The predicted molar refractivity (Wildman–Crippen MR) is 154 cm³/mol. The average Bonchev–Trinajstić information content (AvgIpc) is 3.37. The monoisotopic (exact) mass is 517 g/mol. The summed E-state index contributed by atoms with van der Waals surface area (Å²) in [5, 5.41) is 0. The van der Waals surface area contributed by atoms with Crippen molar-refractivity contribution in [2.45, 2.75) is 118 Å². The van der Waals surface area contributed by atoms with Crippen molar-refractivity contribution in [2.75, 3.05) is 0 Å². The van der Waals surface area contributed by atoms with Crippen LogP contribution in [0.4, 0.5) is 0 Å². The maximum Gasteiger partial charge on any atom is 0.261 e. The van der Waals surface area contributed by atoms with E-state index in [9.17, 15) is 9.59 Å². The fourth-order valence-corrected chi connectivity index (χ4v) is 11.0. The molecule has 6 rings (SSSR count). The molecule has 0 bridgehead atoms. The van der Waals surface area contributed by atoms with Crippen molar-refractivity contribution in [3.8, 4) is 0 Å². The first kappa shape index (κ1) is 26.6. The van der Waals surface area contributed by atoms with Crippen molar-refractivity contribution >= 4 is 11.8 Å². The number of rotatable bonds is 6. The van der Waals surface area contributed by atoms with Crippen molar-refractivity contribution in [1.82, 2.24) is 4.90 Å². The number of imide groups is 1. The standard InChI is InChI=1S/C35H51NO2/c1-22(2)9-8-10-23(3)29-15-16-30-28-14-13-24-21-25(17-19-34(24,4)31(28)18-20-35(29,30)5)36-32(37)26-11-6-7-12-27(26)33(36)38/h6-7,11-12,22-25,28-31H,8-10,13-21H2,1-5H3/t23-,24?,25-,28+,29-,30+,31+,34+,35-/m1/s1. The minimum Gasteiger partial charge on any atom is -0.271 e. The number of carbonyl (C=O) groups excluding carboxylic acids is 2. The molecular weight excluding hydrogens is 466 g/mol. The Morgan fingerprint density at radius 1 is 0.816 bits per heavy atom. The van der Waals surface area contributed by atoms with Crippen molar-refractivity contribution < 1.29 is 9.59 Å². The van der Waals surface area contributed by atoms with Gasteiger partial charge in [0.15, 0.2) is 0 Å². The zero-order chi connectivity index (χ0) is 26.8. The van der Waals surface area contributed by atoms with E-state index < -0.39 is 0 Å². The highest BCUT2D eigenvalue weighted by atomic mass is 16.2. The number of hydrogen-bond donors (Lipinski definition) is 0. The lowest BCUT2D eigenvalue weighted by Crippen LogP contribution is -2.56. The van der Waals surface area contributed by atoms with Gasteiger partial charge in [-0.05, 0) is 122 Å². The fourth-order valence-electron chi connectivity index (χ4n) is 11.0. The summed E-state index contributed by atoms with van der Waals surface area (Å²) < 4.78 is 0. The maximum absolute atomic E-state index is 13.2. The largest absolute Gasteiger partial charge is 0.271 e. The first-order chi connectivity index (χ1) is 18.1. The quantitative estimate of drug-likeness (QED) is 0.354. The lowest BCUT2D eigenvalue weighted by molar-refractivity contribution is -0.121. The topological polar surface area (TPSA) is 37.4 Å². The Morgan fingerprint density at radius 2 is 1.47 bits per heavy atom. The Hall–Kier alpha value is -1.64. The van der Waals surface area contributed by atoms with Crippen LogP contribution in [-0.4, -0.2) is 22.8 Å². The predicted octanol–water partition coefficient (Wildman–Crippen LogP) is 8.77. The van der Waals surface area contributed by atoms with E-state index in [0.717, 1.165) is 48.3 Å². The van der Waals surface area contributed by atoms with Gasteiger partial charge in [0.1, 0.15) is 0 Å². The molecule has 5 aliphatic rings. The molecule has 4 aliphatic carbocycles. The minimum absolute atomic E-state index is 0.0548. The molecule has 3 nitrogen and oxygen atoms in total. The Kier molecular flexibility index (Phi) is 6.83. The maximum atomic E-state index is 13.2. The normalized spacial score (nSPS) is 41.1. The first-order valence-corrected chi connectivity index (χ1v) is 16.1. The van der Waals surface area contributed by atoms with Gasteiger partial charge < -0.3 is 0 Å². The molecule has 1 aromatic carbocycles. The summed E-state index contributed by atoms with van der Waals surface area (Å²) >= 11 is 0. The van der Waals surface area contributed by atoms with Crippen LogP contribution in [0, 0.1) is 52.3 Å². The molecule has 0 radical (unpaired) electrons. The van der Waals surface area contributed by atoms with Crippen LogP contribution >= 0.6 is 0 Å². The Bertz CT molecular complexity index is 1040. The molecule has 1 aromatic rings. The van der Waals surface area contributed by atoms with Gasteiger partial charge in [0.05, 0.1) is 11.1 Å². The highest BCUT2D eigenvalue weighted by Gasteiger charge is 2.61. The summed E-state index contributed by atoms with van der Waals surface area (Å²) in [5.74, 6) is 5.76. The van der Waals surface area contributed by atoms with Crippen LogP contribution in [0.1, 0.15) is 132 Å². The lowest BCUT2D eigenvalue weighted by Gasteiger charge is -2.61. The van der Waals surface area contributed by atoms with Gasteiger partial charge >= 0.3 is 0 Å². The molecule has 4 saturated carbocycles. The van der Waals surface area contributed by atoms with Gasteiger partial charge in [-0.3, -0.25) is 14.5 Å². The third-order valence-corrected chi connectivity index (χ3v) is 13.0. The number of carbonyl (C=O) groups is 2. The van der Waals surface area contributed by atoms with Crippen LogP contribution in [0.3, 0.4) is 0 Å². The summed E-state index contributed by atoms with van der Waals surface area (Å²) in [6.45, 7) is 12.6. The summed E-state index contributed by atoms with van der Waals surface area (Å²) in [7, 11) is 0. The van der Waals surface area contributed by atoms with Crippen molar-refractivity contribution in [2.24, 2.45) is 52.3 Å². The molecule has 0 spiro atoms. The average molecular weight is 518 g/mol. The highest BCUT2D eigenvalue weighted by Crippen LogP contribution is 2.68. The molecule has 38 heavy (non-hydrogen) atoms. The molecule has 0 aromatic heterocycles. The summed E-state index contributed by atoms with van der Waals surface area (Å²) in [6.07, 6.45) is 15.8. The van der Waals surface area contributed by atoms with Crippen LogP contribution in [0.25, 0.3) is 0 Å². The van der Waals surface area contributed by atoms with Gasteiger partial charge in [-0.2, -0.15) is 0 Å². The Balaban J connectivity index is 1.14. The van der Waals surface area contributed by atoms with Gasteiger partial charge in [-0.15, -0.1) is 0 Å². The zero-order valence-corrected chi connectivity index (χ0v) is 24.7. The Morgan fingerprint density at radius 3 is 2.16 bits per heavy atom. The van der Waals surface area contributed by atoms with Crippen molar-refractivity contribution in [3.05, 3.63) is 35.4 Å². The van der Waals surface area contributed by atoms with Gasteiger partial charge in [0.2, 0.25) is 0 Å². The number of benzene rings is 1. The van der Waals surface area contributed by atoms with Gasteiger partial charge in [-0.1, -0.05) is 66.0 Å². The molecule has 2 amide bonds. The van der Waals surface area contributed by atoms with E-state index in [2.05, 4.69) is 34.6 Å². The summed E-state index contributed by atoms with van der Waals surface area (Å²) in [5.41, 5.74) is 2.13. The second kappa shape index (κ2) is 9.77. The summed E-state index contributed by atoms with van der Waals surface area (Å²) in [6, 6.07) is 7.49. The van der Waals surface area contributed by atoms with E-state index in [4.69, 9.17) is 0 Å². The molecule has 9 atom stereocenters. The highest BCUT2D eigenvalue weighted by molar-refractivity contribution is 6.21. The van der Waals surface area contributed by atoms with Crippen LogP contribution in [0.15, 0.2) is 24.3 Å². The van der Waals surface area contributed by atoms with Gasteiger partial charge in [0.25, 0.3) is 11.8 Å². The van der Waals surface area contributed by atoms with Crippen molar-refractivity contribution in [1.29, 1.82) is 0 Å². The second-order valence-electron chi connectivity index (χ2n) is 15.1. The van der Waals surface area contributed by atoms with E-state index in [1.807, 2.05) is 24.3 Å². The minimum atomic E-state index is -0.0548. The Labute approximate surface area is 231 Å². The van der Waals surface area contributed by atoms with Crippen molar-refractivity contribution in [3.63, 3.8) is 0 Å². The number of amides is 2. The number of nitrogens with zero attached hydrogens (tertiary/aromatic N) is 1. The second-order valence-corrected chi connectivity index (χ2v) is 15.1. The molecule has 1 aliphatic heterocycles. The first-order valence-electron chi connectivity index (χ1n) is 16.1. The molecule has 0 saturated heterocycles. The van der Waals surface area contributed by atoms with Crippen LogP contribution in [0.5, 0.6) is 0 Å². The molecular formula is C35H51NO2. The zero-order valence-electron chi connectivity index (χ0n) is 24.7. The molecule has 1 unspecified atom stereocenters. The fraction of sp³-hybridized carbons (Fsp3) is 0.771. The van der Waals surface area contributed by atoms with E-state index in [0.29, 0.717) is 27.9 Å². The van der Waals surface area contributed by atoms with Crippen LogP contribution in [0.2, 0.25) is 0 Å². The van der Waals surface area contributed by atoms with E-state index >= 15 is 0 Å². The summed E-state index contributed by atoms with van der Waals surface area (Å²) in [4.78, 5) is 28.1. The SMILES string of the molecule is CC(C)CCC[C@@H](C)[C@H]1CC[C@H]2[C@@H]3CCC4C[C@H](N5C(=O)c6ccccc6C5=O)CC[C@]4(C)[C@H]3CC[C@]12C. The third-order valence-electron chi connectivity index (χ3n) is 13.0. The third kappa shape index (κ3) is 4.03. The molecule has 1 heterocycles. The molecule has 3 heteroatoms. The number of hydrogen-bond acceptors (Lipinski definition) is 2. The van der Waals surface area contributed by atoms with E-state index in [1.165, 1.54) is 64.2 Å². The van der Waals surface area contributed by atoms with Gasteiger partial charge in [-0.25, -0.2) is 0 Å². The molecule has 208 valence electrons. The van der Waals surface area contributed by atoms with Gasteiger partial charge in [0, 0.05) is 6.04 Å². The molecule has 0 N–H and O–H groups in total. The van der Waals surface area contributed by atoms with Crippen LogP contribution < -0.4 is 0 Å². The molecule has 4 fully saturated rings. The van der Waals surface area contributed by atoms with E-state index in [-0.39, 0.29) is 17.9 Å². The lowest BCUT2D eigenvalue weighted by atomic mass is 9.44. The van der Waals surface area contributed by atoms with Crippen LogP contribution in [-0.2, 0) is 0 Å². The number of fused-ring (bicyclic) bond motifs is 6.